The van der Waals surface area contributed by atoms with Gasteiger partial charge >= 0.3 is 0 Å². The van der Waals surface area contributed by atoms with Crippen molar-refractivity contribution in [2.75, 3.05) is 51.3 Å². The molecule has 2 heterocycles. The molecular formula is C17H23N3O3. The maximum absolute atomic E-state index is 12.5. The molecule has 0 bridgehead atoms. The summed E-state index contributed by atoms with van der Waals surface area (Å²) in [4.78, 5) is 30.3. The number of carbonyl (C=O) groups is 2. The minimum atomic E-state index is -0.294. The third kappa shape index (κ3) is 3.38. The number of imide groups is 1. The van der Waals surface area contributed by atoms with Crippen LogP contribution in [-0.2, 0) is 14.3 Å². The van der Waals surface area contributed by atoms with Gasteiger partial charge in [0.05, 0.1) is 25.6 Å². The van der Waals surface area contributed by atoms with Gasteiger partial charge in [0.1, 0.15) is 0 Å². The topological polar surface area (TPSA) is 53.1 Å². The van der Waals surface area contributed by atoms with Crippen LogP contribution in [0.3, 0.4) is 0 Å². The van der Waals surface area contributed by atoms with Crippen LogP contribution in [0.2, 0.25) is 0 Å². The quantitative estimate of drug-likeness (QED) is 0.744. The van der Waals surface area contributed by atoms with Crippen molar-refractivity contribution in [2.24, 2.45) is 0 Å². The van der Waals surface area contributed by atoms with Gasteiger partial charge in [-0.3, -0.25) is 19.4 Å². The van der Waals surface area contributed by atoms with Crippen molar-refractivity contribution in [1.29, 1.82) is 0 Å². The molecule has 2 saturated heterocycles. The minimum Gasteiger partial charge on any atom is -0.383 e. The molecule has 1 atom stereocenters. The molecule has 0 saturated carbocycles. The number of hydrogen-bond acceptors (Lipinski definition) is 5. The lowest BCUT2D eigenvalue weighted by Crippen LogP contribution is -2.52. The maximum atomic E-state index is 12.5. The number of likely N-dealkylation sites (tertiary alicyclic amines) is 1. The van der Waals surface area contributed by atoms with Crippen LogP contribution in [0.15, 0.2) is 30.3 Å². The number of ether oxygens (including phenoxy) is 1. The molecule has 6 heteroatoms. The van der Waals surface area contributed by atoms with E-state index in [-0.39, 0.29) is 17.9 Å². The Morgan fingerprint density at radius 2 is 1.78 bits per heavy atom. The van der Waals surface area contributed by atoms with Crippen LogP contribution in [0.4, 0.5) is 5.69 Å². The number of carbonyl (C=O) groups excluding carboxylic acids is 2. The average molecular weight is 317 g/mol. The summed E-state index contributed by atoms with van der Waals surface area (Å²) in [6.45, 7) is 4.11. The first-order valence-corrected chi connectivity index (χ1v) is 8.08. The molecule has 0 unspecified atom stereocenters. The van der Waals surface area contributed by atoms with Crippen molar-refractivity contribution in [3.63, 3.8) is 0 Å². The highest BCUT2D eigenvalue weighted by Crippen LogP contribution is 2.22. The van der Waals surface area contributed by atoms with E-state index in [1.165, 1.54) is 10.6 Å². The van der Waals surface area contributed by atoms with Gasteiger partial charge in [0.25, 0.3) is 0 Å². The second-order valence-corrected chi connectivity index (χ2v) is 5.95. The molecule has 0 aliphatic carbocycles. The van der Waals surface area contributed by atoms with Gasteiger partial charge < -0.3 is 9.64 Å². The zero-order valence-electron chi connectivity index (χ0n) is 13.5. The summed E-state index contributed by atoms with van der Waals surface area (Å²) >= 11 is 0. The van der Waals surface area contributed by atoms with Crippen molar-refractivity contribution >= 4 is 17.5 Å². The van der Waals surface area contributed by atoms with Crippen molar-refractivity contribution in [2.45, 2.75) is 12.5 Å². The lowest BCUT2D eigenvalue weighted by atomic mass is 10.1. The Hall–Kier alpha value is -1.92. The van der Waals surface area contributed by atoms with Gasteiger partial charge in [0, 0.05) is 39.0 Å². The Morgan fingerprint density at radius 3 is 2.43 bits per heavy atom. The molecule has 2 fully saturated rings. The normalized spacial score (nSPS) is 22.9. The van der Waals surface area contributed by atoms with E-state index in [4.69, 9.17) is 4.74 Å². The van der Waals surface area contributed by atoms with Gasteiger partial charge in [0.15, 0.2) is 0 Å². The van der Waals surface area contributed by atoms with Crippen LogP contribution in [0, 0.1) is 0 Å². The Balaban J connectivity index is 1.58. The molecular weight excluding hydrogens is 294 g/mol. The molecule has 0 spiro atoms. The fourth-order valence-electron chi connectivity index (χ4n) is 3.30. The standard InChI is InChI=1S/C17H23N3O3/c1-23-12-11-20-16(21)13-15(17(20)22)19-9-7-18(8-10-19)14-5-3-2-4-6-14/h2-6,15H,7-13H2,1H3/t15-/m0/s1. The zero-order chi connectivity index (χ0) is 16.2. The van der Waals surface area contributed by atoms with E-state index in [1.54, 1.807) is 7.11 Å². The van der Waals surface area contributed by atoms with Crippen molar-refractivity contribution in [3.8, 4) is 0 Å². The van der Waals surface area contributed by atoms with Crippen LogP contribution in [0.1, 0.15) is 6.42 Å². The molecule has 23 heavy (non-hydrogen) atoms. The fourth-order valence-corrected chi connectivity index (χ4v) is 3.30. The zero-order valence-corrected chi connectivity index (χ0v) is 13.5. The van der Waals surface area contributed by atoms with E-state index in [0.717, 1.165) is 26.2 Å². The predicted molar refractivity (Wildman–Crippen MR) is 87.2 cm³/mol. The number of nitrogens with zero attached hydrogens (tertiary/aromatic N) is 3. The number of anilines is 1. The summed E-state index contributed by atoms with van der Waals surface area (Å²) in [6.07, 6.45) is 0.299. The fraction of sp³-hybridized carbons (Fsp3) is 0.529. The van der Waals surface area contributed by atoms with E-state index in [2.05, 4.69) is 21.9 Å². The minimum absolute atomic E-state index is 0.0692. The molecule has 2 amide bonds. The molecule has 6 nitrogen and oxygen atoms in total. The smallest absolute Gasteiger partial charge is 0.247 e. The first kappa shape index (κ1) is 16.0. The van der Waals surface area contributed by atoms with Gasteiger partial charge in [-0.2, -0.15) is 0 Å². The second-order valence-electron chi connectivity index (χ2n) is 5.95. The van der Waals surface area contributed by atoms with Crippen molar-refractivity contribution in [1.82, 2.24) is 9.80 Å². The number of benzene rings is 1. The largest absolute Gasteiger partial charge is 0.383 e. The molecule has 0 aromatic heterocycles. The highest BCUT2D eigenvalue weighted by molar-refractivity contribution is 6.05. The van der Waals surface area contributed by atoms with E-state index >= 15 is 0 Å². The van der Waals surface area contributed by atoms with E-state index in [0.29, 0.717) is 19.6 Å². The summed E-state index contributed by atoms with van der Waals surface area (Å²) in [5.74, 6) is -0.150. The van der Waals surface area contributed by atoms with Gasteiger partial charge in [-0.1, -0.05) is 18.2 Å². The molecule has 1 aromatic carbocycles. The summed E-state index contributed by atoms with van der Waals surface area (Å²) in [5.41, 5.74) is 1.21. The van der Waals surface area contributed by atoms with Gasteiger partial charge in [-0.25, -0.2) is 0 Å². The second kappa shape index (κ2) is 7.10. The highest BCUT2D eigenvalue weighted by Gasteiger charge is 2.42. The Labute approximate surface area is 136 Å². The van der Waals surface area contributed by atoms with E-state index < -0.39 is 0 Å². The van der Waals surface area contributed by atoms with Crippen molar-refractivity contribution < 1.29 is 14.3 Å². The highest BCUT2D eigenvalue weighted by atomic mass is 16.5. The van der Waals surface area contributed by atoms with E-state index in [1.807, 2.05) is 18.2 Å². The molecule has 2 aliphatic rings. The number of amides is 2. The number of para-hydroxylation sites is 1. The lowest BCUT2D eigenvalue weighted by molar-refractivity contribution is -0.140. The van der Waals surface area contributed by atoms with Crippen LogP contribution in [-0.4, -0.2) is 74.1 Å². The predicted octanol–water partition coefficient (Wildman–Crippen LogP) is 0.582. The maximum Gasteiger partial charge on any atom is 0.247 e. The molecule has 2 aliphatic heterocycles. The number of hydrogen-bond donors (Lipinski definition) is 0. The number of methoxy groups -OCH3 is 1. The molecule has 0 radical (unpaired) electrons. The van der Waals surface area contributed by atoms with Gasteiger partial charge in [-0.15, -0.1) is 0 Å². The van der Waals surface area contributed by atoms with Crippen molar-refractivity contribution in [3.05, 3.63) is 30.3 Å². The summed E-state index contributed by atoms with van der Waals surface area (Å²) in [7, 11) is 1.57. The first-order chi connectivity index (χ1) is 11.2. The number of piperazine rings is 1. The average Bonchev–Trinajstić information content (AvgIpc) is 2.88. The number of rotatable bonds is 5. The Kier molecular flexibility index (Phi) is 4.93. The Morgan fingerprint density at radius 1 is 1.09 bits per heavy atom. The monoisotopic (exact) mass is 317 g/mol. The summed E-state index contributed by atoms with van der Waals surface area (Å²) in [6, 6.07) is 10.00. The third-order valence-electron chi connectivity index (χ3n) is 4.62. The van der Waals surface area contributed by atoms with Crippen LogP contribution in [0.5, 0.6) is 0 Å². The molecule has 0 N–H and O–H groups in total. The van der Waals surface area contributed by atoms with E-state index in [9.17, 15) is 9.59 Å². The van der Waals surface area contributed by atoms with Crippen LogP contribution >= 0.6 is 0 Å². The molecule has 3 rings (SSSR count). The summed E-state index contributed by atoms with van der Waals surface area (Å²) < 4.78 is 4.98. The molecule has 124 valence electrons. The lowest BCUT2D eigenvalue weighted by Gasteiger charge is -2.38. The first-order valence-electron chi connectivity index (χ1n) is 8.08. The SMILES string of the molecule is COCCN1C(=O)C[C@H](N2CCN(c3ccccc3)CC2)C1=O. The third-order valence-corrected chi connectivity index (χ3v) is 4.62. The van der Waals surface area contributed by atoms with Gasteiger partial charge in [-0.05, 0) is 12.1 Å². The van der Waals surface area contributed by atoms with Crippen LogP contribution in [0.25, 0.3) is 0 Å². The van der Waals surface area contributed by atoms with Crippen LogP contribution < -0.4 is 4.90 Å². The Bertz CT molecular complexity index is 555. The summed E-state index contributed by atoms with van der Waals surface area (Å²) in [5, 5.41) is 0. The molecule has 1 aromatic rings. The van der Waals surface area contributed by atoms with Gasteiger partial charge in [0.2, 0.25) is 11.8 Å².